The van der Waals surface area contributed by atoms with Gasteiger partial charge in [-0.05, 0) is 61.0 Å². The molecule has 2 aliphatic heterocycles. The number of H-pyrrole nitrogens is 1. The van der Waals surface area contributed by atoms with Crippen LogP contribution >= 0.6 is 11.9 Å². The summed E-state index contributed by atoms with van der Waals surface area (Å²) < 4.78 is 3.42. The lowest BCUT2D eigenvalue weighted by Crippen LogP contribution is -2.37. The van der Waals surface area contributed by atoms with Gasteiger partial charge in [0.1, 0.15) is 11.3 Å². The van der Waals surface area contributed by atoms with E-state index in [1.165, 1.54) is 27.6 Å². The third-order valence-corrected chi connectivity index (χ3v) is 7.87. The number of nitrogens with zero attached hydrogens (tertiary/aromatic N) is 4. The number of aryl methyl sites for hydroxylation is 1. The number of likely N-dealkylation sites (tertiary alicyclic amines) is 1. The van der Waals surface area contributed by atoms with Crippen LogP contribution < -0.4 is 20.3 Å². The molecule has 182 valence electrons. The van der Waals surface area contributed by atoms with E-state index in [2.05, 4.69) is 87.9 Å². The number of aromatic amines is 1. The van der Waals surface area contributed by atoms with Crippen molar-refractivity contribution in [1.82, 2.24) is 14.9 Å². The lowest BCUT2D eigenvalue weighted by molar-refractivity contribution is 0.465. The predicted molar refractivity (Wildman–Crippen MR) is 147 cm³/mol. The number of anilines is 2. The van der Waals surface area contributed by atoms with Crippen molar-refractivity contribution < 1.29 is 0 Å². The summed E-state index contributed by atoms with van der Waals surface area (Å²) in [6.07, 6.45) is 9.10. The van der Waals surface area contributed by atoms with Crippen LogP contribution in [0.25, 0.3) is 5.70 Å². The molecule has 0 spiro atoms. The van der Waals surface area contributed by atoms with E-state index >= 15 is 0 Å². The quantitative estimate of drug-likeness (QED) is 0.455. The predicted octanol–water partition coefficient (Wildman–Crippen LogP) is 4.61. The normalized spacial score (nSPS) is 17.5. The maximum Gasteiger partial charge on any atom is 0.138 e. The number of likely N-dealkylation sites (N-methyl/N-ethyl adjacent to an activating group) is 1. The van der Waals surface area contributed by atoms with E-state index in [1.807, 2.05) is 18.6 Å². The second-order valence-corrected chi connectivity index (χ2v) is 10.2. The molecule has 3 aromatic rings. The summed E-state index contributed by atoms with van der Waals surface area (Å²) in [5.41, 5.74) is 7.39. The van der Waals surface area contributed by atoms with Crippen LogP contribution in [0.15, 0.2) is 71.6 Å². The highest BCUT2D eigenvalue weighted by molar-refractivity contribution is 7.99. The molecule has 0 amide bonds. The van der Waals surface area contributed by atoms with Crippen LogP contribution in [-0.4, -0.2) is 41.0 Å². The summed E-state index contributed by atoms with van der Waals surface area (Å²) in [7, 11) is 2.17. The van der Waals surface area contributed by atoms with Crippen LogP contribution in [0.2, 0.25) is 0 Å². The number of nitrogens with one attached hydrogen (secondary N) is 2. The molecule has 1 fully saturated rings. The Morgan fingerprint density at radius 2 is 2.03 bits per heavy atom. The number of aromatic nitrogens is 2. The molecule has 1 atom stereocenters. The molecular weight excluding hydrogens is 452 g/mol. The minimum Gasteiger partial charge on any atom is -0.372 e. The van der Waals surface area contributed by atoms with Crippen molar-refractivity contribution in [3.8, 4) is 0 Å². The van der Waals surface area contributed by atoms with Crippen molar-refractivity contribution in [3.63, 3.8) is 0 Å². The SMILES string of the molecule is CCC1=CN=c2[nH]ccc2=C(N2CCC(N(C)c3ccc(NSCc4ccc(C)cc4)cn3)C2)C1. The highest BCUT2D eigenvalue weighted by Gasteiger charge is 2.28. The average Bonchev–Trinajstić information content (AvgIpc) is 3.53. The summed E-state index contributed by atoms with van der Waals surface area (Å²) in [6, 6.07) is 15.5. The first-order valence-corrected chi connectivity index (χ1v) is 13.4. The van der Waals surface area contributed by atoms with Crippen molar-refractivity contribution in [2.45, 2.75) is 44.9 Å². The Morgan fingerprint density at radius 3 is 2.80 bits per heavy atom. The van der Waals surface area contributed by atoms with E-state index in [-0.39, 0.29) is 0 Å². The Hall–Kier alpha value is -3.19. The number of rotatable bonds is 8. The minimum atomic E-state index is 0.432. The first kappa shape index (κ1) is 23.5. The Bertz CT molecular complexity index is 1290. The van der Waals surface area contributed by atoms with Crippen LogP contribution in [-0.2, 0) is 5.75 Å². The smallest absolute Gasteiger partial charge is 0.138 e. The zero-order chi connectivity index (χ0) is 24.2. The zero-order valence-corrected chi connectivity index (χ0v) is 21.6. The molecule has 5 rings (SSSR count). The van der Waals surface area contributed by atoms with Gasteiger partial charge in [-0.15, -0.1) is 0 Å². The Kier molecular flexibility index (Phi) is 7.13. The molecule has 2 aliphatic rings. The van der Waals surface area contributed by atoms with Crippen LogP contribution in [0.5, 0.6) is 0 Å². The van der Waals surface area contributed by atoms with Crippen molar-refractivity contribution in [1.29, 1.82) is 0 Å². The van der Waals surface area contributed by atoms with Gasteiger partial charge in [0, 0.05) is 61.7 Å². The van der Waals surface area contributed by atoms with Gasteiger partial charge < -0.3 is 19.5 Å². The third kappa shape index (κ3) is 5.40. The highest BCUT2D eigenvalue weighted by Crippen LogP contribution is 2.27. The maximum absolute atomic E-state index is 4.76. The van der Waals surface area contributed by atoms with Crippen LogP contribution in [0.3, 0.4) is 0 Å². The molecule has 6 nitrogen and oxygen atoms in total. The minimum absolute atomic E-state index is 0.432. The van der Waals surface area contributed by atoms with Crippen molar-refractivity contribution in [2.75, 3.05) is 29.8 Å². The summed E-state index contributed by atoms with van der Waals surface area (Å²) in [4.78, 5) is 17.6. The highest BCUT2D eigenvalue weighted by atomic mass is 32.2. The maximum atomic E-state index is 4.76. The second-order valence-electron chi connectivity index (χ2n) is 9.41. The van der Waals surface area contributed by atoms with E-state index in [0.29, 0.717) is 6.04 Å². The molecule has 35 heavy (non-hydrogen) atoms. The van der Waals surface area contributed by atoms with Gasteiger partial charge in [-0.25, -0.2) is 9.98 Å². The average molecular weight is 487 g/mol. The number of fused-ring (bicyclic) bond motifs is 1. The van der Waals surface area contributed by atoms with Crippen molar-refractivity contribution >= 4 is 29.2 Å². The molecule has 1 aromatic carbocycles. The molecule has 1 unspecified atom stereocenters. The van der Waals surface area contributed by atoms with Gasteiger partial charge in [-0.2, -0.15) is 0 Å². The molecule has 4 heterocycles. The van der Waals surface area contributed by atoms with Gasteiger partial charge in [0.25, 0.3) is 0 Å². The molecule has 0 bridgehead atoms. The summed E-state index contributed by atoms with van der Waals surface area (Å²) in [5.74, 6) is 1.94. The summed E-state index contributed by atoms with van der Waals surface area (Å²) >= 11 is 1.69. The fourth-order valence-corrected chi connectivity index (χ4v) is 5.46. The van der Waals surface area contributed by atoms with Crippen LogP contribution in [0, 0.1) is 6.92 Å². The van der Waals surface area contributed by atoms with Crippen molar-refractivity contribution in [2.24, 2.45) is 4.99 Å². The lowest BCUT2D eigenvalue weighted by Gasteiger charge is -2.27. The topological polar surface area (TPSA) is 59.6 Å². The van der Waals surface area contributed by atoms with Crippen LogP contribution in [0.1, 0.15) is 37.3 Å². The zero-order valence-electron chi connectivity index (χ0n) is 20.8. The summed E-state index contributed by atoms with van der Waals surface area (Å²) in [5, 5.41) is 1.24. The van der Waals surface area contributed by atoms with Crippen LogP contribution in [0.4, 0.5) is 11.5 Å². The van der Waals surface area contributed by atoms with E-state index in [1.54, 1.807) is 11.9 Å². The Balaban J connectivity index is 1.20. The molecule has 2 N–H and O–H groups in total. The molecule has 0 radical (unpaired) electrons. The molecular formula is C28H34N6S. The van der Waals surface area contributed by atoms with Gasteiger partial charge in [0.2, 0.25) is 0 Å². The van der Waals surface area contributed by atoms with E-state index in [4.69, 9.17) is 4.98 Å². The monoisotopic (exact) mass is 486 g/mol. The van der Waals surface area contributed by atoms with Crippen molar-refractivity contribution in [3.05, 3.63) is 88.5 Å². The number of hydrogen-bond acceptors (Lipinski definition) is 6. The Labute approximate surface area is 212 Å². The fourth-order valence-electron chi connectivity index (χ4n) is 4.74. The largest absolute Gasteiger partial charge is 0.372 e. The fraction of sp³-hybridized carbons (Fsp3) is 0.357. The van der Waals surface area contributed by atoms with E-state index < -0.39 is 0 Å². The van der Waals surface area contributed by atoms with Gasteiger partial charge in [0.15, 0.2) is 0 Å². The molecule has 2 aromatic heterocycles. The molecule has 7 heteroatoms. The van der Waals surface area contributed by atoms with E-state index in [0.717, 1.165) is 55.1 Å². The van der Waals surface area contributed by atoms with Gasteiger partial charge in [0.05, 0.1) is 11.9 Å². The van der Waals surface area contributed by atoms with Gasteiger partial charge in [-0.1, -0.05) is 36.8 Å². The number of hydrogen-bond donors (Lipinski definition) is 2. The van der Waals surface area contributed by atoms with Gasteiger partial charge >= 0.3 is 0 Å². The molecule has 1 saturated heterocycles. The first-order valence-electron chi connectivity index (χ1n) is 12.4. The standard InChI is InChI=1S/C28H34N6S/c1-4-21-15-26(25-11-13-29-28(25)31-16-21)34-14-12-24(18-34)33(3)27-10-9-23(17-30-27)32-35-19-22-7-5-20(2)6-8-22/h5-11,13,16-17,24,32H,4,12,14-15,18-19H2,1-3H3,(H,29,31). The molecule has 0 aliphatic carbocycles. The first-order chi connectivity index (χ1) is 17.1. The number of benzene rings is 1. The Morgan fingerprint density at radius 1 is 1.17 bits per heavy atom. The molecule has 0 saturated carbocycles. The third-order valence-electron chi connectivity index (χ3n) is 7.01. The number of pyridine rings is 1. The lowest BCUT2D eigenvalue weighted by atomic mass is 10.1. The second kappa shape index (κ2) is 10.6. The van der Waals surface area contributed by atoms with Gasteiger partial charge in [-0.3, -0.25) is 0 Å². The summed E-state index contributed by atoms with van der Waals surface area (Å²) in [6.45, 7) is 6.39. The van der Waals surface area contributed by atoms with E-state index in [9.17, 15) is 0 Å².